The highest BCUT2D eigenvalue weighted by molar-refractivity contribution is 7.89. The quantitative estimate of drug-likeness (QED) is 0.795. The zero-order valence-electron chi connectivity index (χ0n) is 13.4. The number of hydrogen-bond donors (Lipinski definition) is 1. The molecule has 138 valence electrons. The van der Waals surface area contributed by atoms with Crippen molar-refractivity contribution in [3.8, 4) is 11.5 Å². The lowest BCUT2D eigenvalue weighted by Crippen LogP contribution is -2.27. The van der Waals surface area contributed by atoms with Crippen molar-refractivity contribution < 1.29 is 31.1 Å². The van der Waals surface area contributed by atoms with Gasteiger partial charge in [0.1, 0.15) is 0 Å². The van der Waals surface area contributed by atoms with Crippen molar-refractivity contribution in [2.45, 2.75) is 17.6 Å². The summed E-state index contributed by atoms with van der Waals surface area (Å²) in [6, 6.07) is 4.88. The van der Waals surface area contributed by atoms with Crippen molar-refractivity contribution >= 4 is 10.0 Å². The average molecular weight is 379 g/mol. The maximum absolute atomic E-state index is 12.5. The largest absolute Gasteiger partial charge is 0.493 e. The summed E-state index contributed by atoms with van der Waals surface area (Å²) in [5, 5.41) is 3.34. The highest BCUT2D eigenvalue weighted by Crippen LogP contribution is 2.29. The molecule has 2 aromatic rings. The number of alkyl halides is 3. The second kappa shape index (κ2) is 7.31. The highest BCUT2D eigenvalue weighted by atomic mass is 32.2. The van der Waals surface area contributed by atoms with Gasteiger partial charge in [-0.25, -0.2) is 13.1 Å². The maximum Gasteiger partial charge on any atom is 0.435 e. The zero-order valence-corrected chi connectivity index (χ0v) is 14.2. The van der Waals surface area contributed by atoms with Crippen LogP contribution < -0.4 is 14.2 Å². The van der Waals surface area contributed by atoms with E-state index >= 15 is 0 Å². The van der Waals surface area contributed by atoms with Crippen LogP contribution in [0.4, 0.5) is 13.2 Å². The highest BCUT2D eigenvalue weighted by Gasteiger charge is 2.33. The molecule has 0 spiro atoms. The molecule has 1 aromatic carbocycles. The zero-order chi connectivity index (χ0) is 18.7. The third-order valence-electron chi connectivity index (χ3n) is 3.23. The summed E-state index contributed by atoms with van der Waals surface area (Å²) < 4.78 is 75.2. The Morgan fingerprint density at radius 2 is 1.84 bits per heavy atom. The van der Waals surface area contributed by atoms with Crippen LogP contribution in [0.15, 0.2) is 35.4 Å². The van der Waals surface area contributed by atoms with Gasteiger partial charge < -0.3 is 9.47 Å². The predicted octanol–water partition coefficient (Wildman–Crippen LogP) is 1.90. The number of methoxy groups -OCH3 is 2. The van der Waals surface area contributed by atoms with Gasteiger partial charge in [0.15, 0.2) is 17.2 Å². The van der Waals surface area contributed by atoms with Crippen LogP contribution in [0.2, 0.25) is 0 Å². The topological polar surface area (TPSA) is 82.5 Å². The molecule has 2 rings (SSSR count). The summed E-state index contributed by atoms with van der Waals surface area (Å²) in [4.78, 5) is -0.0541. The minimum Gasteiger partial charge on any atom is -0.493 e. The van der Waals surface area contributed by atoms with Gasteiger partial charge in [0, 0.05) is 18.8 Å². The van der Waals surface area contributed by atoms with E-state index in [1.807, 2.05) is 0 Å². The van der Waals surface area contributed by atoms with Gasteiger partial charge in [-0.05, 0) is 18.2 Å². The van der Waals surface area contributed by atoms with Crippen LogP contribution in [0.5, 0.6) is 11.5 Å². The first-order valence-corrected chi connectivity index (χ1v) is 8.48. The van der Waals surface area contributed by atoms with Gasteiger partial charge in [-0.3, -0.25) is 4.68 Å². The Labute approximate surface area is 142 Å². The summed E-state index contributed by atoms with van der Waals surface area (Å²) in [5.74, 6) is 0.616. The fourth-order valence-corrected chi connectivity index (χ4v) is 3.04. The first-order valence-electron chi connectivity index (χ1n) is 6.99. The Bertz CT molecular complexity index is 834. The summed E-state index contributed by atoms with van der Waals surface area (Å²) >= 11 is 0. The van der Waals surface area contributed by atoms with Crippen LogP contribution in [0, 0.1) is 0 Å². The fraction of sp³-hybridized carbons (Fsp3) is 0.357. The van der Waals surface area contributed by atoms with Crippen molar-refractivity contribution in [1.82, 2.24) is 14.5 Å². The van der Waals surface area contributed by atoms with Crippen LogP contribution in [0.1, 0.15) is 5.69 Å². The Kier molecular flexibility index (Phi) is 5.58. The molecule has 0 amide bonds. The van der Waals surface area contributed by atoms with E-state index in [0.717, 1.165) is 16.9 Å². The molecule has 0 saturated heterocycles. The molecule has 0 radical (unpaired) electrons. The number of benzene rings is 1. The number of hydrogen-bond acceptors (Lipinski definition) is 5. The van der Waals surface area contributed by atoms with Crippen molar-refractivity contribution in [2.75, 3.05) is 20.8 Å². The first-order chi connectivity index (χ1) is 11.7. The number of aromatic nitrogens is 2. The molecule has 7 nitrogen and oxygen atoms in total. The van der Waals surface area contributed by atoms with Crippen molar-refractivity contribution in [1.29, 1.82) is 0 Å². The van der Waals surface area contributed by atoms with E-state index in [2.05, 4.69) is 9.82 Å². The monoisotopic (exact) mass is 379 g/mol. The molecule has 0 aliphatic carbocycles. The standard InChI is InChI=1S/C14H16F3N3O4S/c1-23-11-4-3-10(9-12(11)24-2)25(21,22)18-6-8-20-7-5-13(19-20)14(15,16)17/h3-5,7,9,18H,6,8H2,1-2H3. The minimum atomic E-state index is -4.54. The second-order valence-corrected chi connectivity index (χ2v) is 6.64. The lowest BCUT2D eigenvalue weighted by atomic mass is 10.3. The lowest BCUT2D eigenvalue weighted by Gasteiger charge is -2.11. The molecule has 0 aliphatic heterocycles. The van der Waals surface area contributed by atoms with E-state index in [9.17, 15) is 21.6 Å². The van der Waals surface area contributed by atoms with Crippen molar-refractivity contribution in [3.05, 3.63) is 36.2 Å². The third kappa shape index (κ3) is 4.63. The van der Waals surface area contributed by atoms with E-state index in [-0.39, 0.29) is 23.7 Å². The van der Waals surface area contributed by atoms with Crippen molar-refractivity contribution in [3.63, 3.8) is 0 Å². The summed E-state index contributed by atoms with van der Waals surface area (Å²) in [5.41, 5.74) is -1.03. The number of ether oxygens (including phenoxy) is 2. The third-order valence-corrected chi connectivity index (χ3v) is 4.69. The first kappa shape index (κ1) is 19.1. The fourth-order valence-electron chi connectivity index (χ4n) is 2.00. The van der Waals surface area contributed by atoms with Gasteiger partial charge >= 0.3 is 6.18 Å². The van der Waals surface area contributed by atoms with E-state index in [4.69, 9.17) is 9.47 Å². The molecule has 1 N–H and O–H groups in total. The van der Waals surface area contributed by atoms with Gasteiger partial charge in [0.2, 0.25) is 10.0 Å². The van der Waals surface area contributed by atoms with Crippen LogP contribution in [0.25, 0.3) is 0 Å². The van der Waals surface area contributed by atoms with Gasteiger partial charge in [-0.1, -0.05) is 0 Å². The van der Waals surface area contributed by atoms with Crippen LogP contribution >= 0.6 is 0 Å². The predicted molar refractivity (Wildman–Crippen MR) is 82.0 cm³/mol. The number of sulfonamides is 1. The molecule has 25 heavy (non-hydrogen) atoms. The van der Waals surface area contributed by atoms with Gasteiger partial charge in [-0.15, -0.1) is 0 Å². The lowest BCUT2D eigenvalue weighted by molar-refractivity contribution is -0.141. The Morgan fingerprint density at radius 3 is 2.40 bits per heavy atom. The summed E-state index contributed by atoms with van der Waals surface area (Å²) in [7, 11) is -1.07. The van der Waals surface area contributed by atoms with Gasteiger partial charge in [0.05, 0.1) is 25.7 Å². The minimum absolute atomic E-state index is 0.0530. The number of nitrogens with zero attached hydrogens (tertiary/aromatic N) is 2. The second-order valence-electron chi connectivity index (χ2n) is 4.88. The van der Waals surface area contributed by atoms with E-state index in [1.54, 1.807) is 0 Å². The van der Waals surface area contributed by atoms with Gasteiger partial charge in [0.25, 0.3) is 0 Å². The molecule has 1 heterocycles. The molecule has 0 unspecified atom stereocenters. The molecule has 0 atom stereocenters. The number of nitrogens with one attached hydrogen (secondary N) is 1. The van der Waals surface area contributed by atoms with Gasteiger partial charge in [-0.2, -0.15) is 18.3 Å². The number of rotatable bonds is 7. The maximum atomic E-state index is 12.5. The Hall–Kier alpha value is -2.27. The normalized spacial score (nSPS) is 12.2. The molecule has 11 heteroatoms. The molecular formula is C14H16F3N3O4S. The van der Waals surface area contributed by atoms with Crippen LogP contribution in [0.3, 0.4) is 0 Å². The molecule has 0 aliphatic rings. The molecule has 0 saturated carbocycles. The van der Waals surface area contributed by atoms with E-state index in [1.165, 1.54) is 32.4 Å². The smallest absolute Gasteiger partial charge is 0.435 e. The van der Waals surface area contributed by atoms with Crippen molar-refractivity contribution in [2.24, 2.45) is 0 Å². The Balaban J connectivity index is 2.03. The summed E-state index contributed by atoms with van der Waals surface area (Å²) in [6.45, 7) is -0.182. The summed E-state index contributed by atoms with van der Waals surface area (Å²) in [6.07, 6.45) is -3.40. The molecule has 0 bridgehead atoms. The van der Waals surface area contributed by atoms with E-state index in [0.29, 0.717) is 5.75 Å². The van der Waals surface area contributed by atoms with Crippen LogP contribution in [-0.2, 0) is 22.7 Å². The average Bonchev–Trinajstić information content (AvgIpc) is 3.03. The van der Waals surface area contributed by atoms with E-state index < -0.39 is 21.9 Å². The SMILES string of the molecule is COc1ccc(S(=O)(=O)NCCn2ccc(C(F)(F)F)n2)cc1OC. The molecule has 0 fully saturated rings. The number of halogens is 3. The van der Waals surface area contributed by atoms with Crippen LogP contribution in [-0.4, -0.2) is 39.0 Å². The molecule has 1 aromatic heterocycles. The Morgan fingerprint density at radius 1 is 1.16 bits per heavy atom. The molecular weight excluding hydrogens is 363 g/mol.